The number of phenols is 1. The van der Waals surface area contributed by atoms with Crippen LogP contribution in [0.1, 0.15) is 16.1 Å². The molecule has 4 N–H and O–H groups in total. The molecule has 0 unspecified atom stereocenters. The Hall–Kier alpha value is -4.26. The lowest BCUT2D eigenvalue weighted by Gasteiger charge is -2.09. The Morgan fingerprint density at radius 1 is 0.935 bits per heavy atom. The summed E-state index contributed by atoms with van der Waals surface area (Å²) < 4.78 is 18.7. The summed E-state index contributed by atoms with van der Waals surface area (Å²) in [6.07, 6.45) is 1.79. The molecular weight excluding hydrogens is 399 g/mol. The van der Waals surface area contributed by atoms with E-state index in [1.165, 1.54) is 6.07 Å². The molecule has 2 heterocycles. The maximum Gasteiger partial charge on any atom is 0.339 e. The Morgan fingerprint density at radius 3 is 2.55 bits per heavy atom. The van der Waals surface area contributed by atoms with Crippen LogP contribution in [0.3, 0.4) is 0 Å². The van der Waals surface area contributed by atoms with Gasteiger partial charge in [0, 0.05) is 39.8 Å². The number of aromatic carboxylic acids is 1. The molecule has 0 aliphatic carbocycles. The maximum atomic E-state index is 13.2. The summed E-state index contributed by atoms with van der Waals surface area (Å²) in [4.78, 5) is 17.3. The van der Waals surface area contributed by atoms with Crippen LogP contribution >= 0.6 is 0 Å². The quantitative estimate of drug-likeness (QED) is 0.290. The SMILES string of the molecule is Cc1cc2cc(O)ccc2[nH]1.O=C(O)c1ccc(F)cc1Oc1ccc2[nH]ccc2c1. The fourth-order valence-electron chi connectivity index (χ4n) is 3.24. The third-order valence-electron chi connectivity index (χ3n) is 4.67. The van der Waals surface area contributed by atoms with E-state index in [9.17, 15) is 9.18 Å². The lowest BCUT2D eigenvalue weighted by Crippen LogP contribution is -2.00. The Morgan fingerprint density at radius 2 is 1.74 bits per heavy atom. The highest BCUT2D eigenvalue weighted by molar-refractivity contribution is 5.91. The van der Waals surface area contributed by atoms with Crippen molar-refractivity contribution in [2.45, 2.75) is 6.92 Å². The summed E-state index contributed by atoms with van der Waals surface area (Å²) in [6, 6.07) is 17.8. The number of aromatic amines is 2. The van der Waals surface area contributed by atoms with E-state index in [-0.39, 0.29) is 11.3 Å². The second-order valence-corrected chi connectivity index (χ2v) is 7.00. The van der Waals surface area contributed by atoms with Gasteiger partial charge in [0.2, 0.25) is 0 Å². The molecule has 31 heavy (non-hydrogen) atoms. The molecular formula is C24H19FN2O4. The number of carboxylic acid groups (broad SMARTS) is 1. The van der Waals surface area contributed by atoms with E-state index in [0.717, 1.165) is 39.6 Å². The van der Waals surface area contributed by atoms with Crippen molar-refractivity contribution >= 4 is 27.8 Å². The summed E-state index contributed by atoms with van der Waals surface area (Å²) in [5, 5.41) is 20.2. The number of halogens is 1. The Kier molecular flexibility index (Phi) is 5.32. The number of carboxylic acids is 1. The predicted octanol–water partition coefficient (Wildman–Crippen LogP) is 5.98. The largest absolute Gasteiger partial charge is 0.508 e. The van der Waals surface area contributed by atoms with Crippen molar-refractivity contribution in [3.63, 3.8) is 0 Å². The molecule has 0 saturated heterocycles. The van der Waals surface area contributed by atoms with E-state index < -0.39 is 11.8 Å². The zero-order valence-corrected chi connectivity index (χ0v) is 16.5. The van der Waals surface area contributed by atoms with Gasteiger partial charge in [-0.15, -0.1) is 0 Å². The number of carbonyl (C=O) groups is 1. The highest BCUT2D eigenvalue weighted by Gasteiger charge is 2.13. The summed E-state index contributed by atoms with van der Waals surface area (Å²) in [7, 11) is 0. The van der Waals surface area contributed by atoms with E-state index in [1.54, 1.807) is 30.5 Å². The van der Waals surface area contributed by atoms with Crippen LogP contribution < -0.4 is 4.74 Å². The Balaban J connectivity index is 0.000000177. The van der Waals surface area contributed by atoms with Crippen molar-refractivity contribution in [2.24, 2.45) is 0 Å². The number of fused-ring (bicyclic) bond motifs is 2. The summed E-state index contributed by atoms with van der Waals surface area (Å²) in [6.45, 7) is 2.00. The third kappa shape index (κ3) is 4.51. The van der Waals surface area contributed by atoms with Crippen molar-refractivity contribution in [1.29, 1.82) is 0 Å². The number of ether oxygens (including phenoxy) is 1. The fourth-order valence-corrected chi connectivity index (χ4v) is 3.24. The normalized spacial score (nSPS) is 10.6. The van der Waals surface area contributed by atoms with Crippen LogP contribution in [0.5, 0.6) is 17.2 Å². The van der Waals surface area contributed by atoms with Crippen LogP contribution in [0.25, 0.3) is 21.8 Å². The van der Waals surface area contributed by atoms with Gasteiger partial charge >= 0.3 is 5.97 Å². The molecule has 0 fully saturated rings. The molecule has 0 saturated carbocycles. The predicted molar refractivity (Wildman–Crippen MR) is 116 cm³/mol. The number of benzene rings is 3. The monoisotopic (exact) mass is 418 g/mol. The average Bonchev–Trinajstić information content (AvgIpc) is 3.33. The first-order valence-electron chi connectivity index (χ1n) is 9.45. The summed E-state index contributed by atoms with van der Waals surface area (Å²) in [5.41, 5.74) is 3.04. The van der Waals surface area contributed by atoms with Crippen LogP contribution in [0.15, 0.2) is 72.9 Å². The number of H-pyrrole nitrogens is 2. The standard InChI is InChI=1S/C15H10FNO3.C9H9NO/c16-10-1-3-12(15(18)19)14(8-10)20-11-2-4-13-9(7-11)5-6-17-13;1-6-4-7-5-8(11)2-3-9(7)10-6/h1-8,17H,(H,18,19);2-5,10-11H,1H3. The van der Waals surface area contributed by atoms with Gasteiger partial charge in [0.05, 0.1) is 0 Å². The highest BCUT2D eigenvalue weighted by atomic mass is 19.1. The topological polar surface area (TPSA) is 98.3 Å². The van der Waals surface area contributed by atoms with Crippen LogP contribution in [-0.2, 0) is 0 Å². The molecule has 156 valence electrons. The Labute approximate surface area is 176 Å². The lowest BCUT2D eigenvalue weighted by atomic mass is 10.2. The van der Waals surface area contributed by atoms with E-state index in [0.29, 0.717) is 11.5 Å². The highest BCUT2D eigenvalue weighted by Crippen LogP contribution is 2.28. The molecule has 6 nitrogen and oxygen atoms in total. The van der Waals surface area contributed by atoms with Gasteiger partial charge in [-0.25, -0.2) is 9.18 Å². The minimum atomic E-state index is -1.16. The van der Waals surface area contributed by atoms with Gasteiger partial charge in [-0.2, -0.15) is 0 Å². The summed E-state index contributed by atoms with van der Waals surface area (Å²) in [5.74, 6) is -0.968. The summed E-state index contributed by atoms with van der Waals surface area (Å²) >= 11 is 0. The smallest absolute Gasteiger partial charge is 0.339 e. The van der Waals surface area contributed by atoms with E-state index in [1.807, 2.05) is 31.2 Å². The molecule has 0 aliphatic heterocycles. The maximum absolute atomic E-state index is 13.2. The Bertz CT molecular complexity index is 1390. The first-order chi connectivity index (χ1) is 14.9. The van der Waals surface area contributed by atoms with Crippen molar-refractivity contribution in [3.05, 3.63) is 90.0 Å². The van der Waals surface area contributed by atoms with Gasteiger partial charge in [-0.3, -0.25) is 0 Å². The number of aryl methyl sites for hydroxylation is 1. The van der Waals surface area contributed by atoms with Gasteiger partial charge in [-0.1, -0.05) is 0 Å². The molecule has 0 radical (unpaired) electrons. The van der Waals surface area contributed by atoms with Gasteiger partial charge in [0.25, 0.3) is 0 Å². The van der Waals surface area contributed by atoms with Gasteiger partial charge < -0.3 is 24.9 Å². The zero-order valence-electron chi connectivity index (χ0n) is 16.5. The number of phenolic OH excluding ortho intramolecular Hbond substituents is 1. The average molecular weight is 418 g/mol. The molecule has 7 heteroatoms. The molecule has 0 amide bonds. The first kappa shape index (κ1) is 20.0. The molecule has 0 aliphatic rings. The van der Waals surface area contributed by atoms with Crippen molar-refractivity contribution in [3.8, 4) is 17.2 Å². The molecule has 2 aromatic heterocycles. The van der Waals surface area contributed by atoms with Crippen molar-refractivity contribution < 1.29 is 24.1 Å². The number of aromatic hydroxyl groups is 1. The zero-order chi connectivity index (χ0) is 22.0. The number of nitrogens with one attached hydrogen (secondary N) is 2. The molecule has 0 atom stereocenters. The van der Waals surface area contributed by atoms with Gasteiger partial charge in [-0.05, 0) is 67.6 Å². The minimum Gasteiger partial charge on any atom is -0.508 e. The molecule has 5 aromatic rings. The van der Waals surface area contributed by atoms with Crippen molar-refractivity contribution in [1.82, 2.24) is 9.97 Å². The number of aromatic nitrogens is 2. The first-order valence-corrected chi connectivity index (χ1v) is 9.45. The van der Waals surface area contributed by atoms with Crippen LogP contribution in [0.2, 0.25) is 0 Å². The van der Waals surface area contributed by atoms with E-state index in [4.69, 9.17) is 14.9 Å². The van der Waals surface area contributed by atoms with Crippen LogP contribution in [0, 0.1) is 12.7 Å². The second kappa shape index (κ2) is 8.23. The minimum absolute atomic E-state index is 0.0209. The van der Waals surface area contributed by atoms with Gasteiger partial charge in [0.15, 0.2) is 0 Å². The number of hydrogen-bond acceptors (Lipinski definition) is 3. The van der Waals surface area contributed by atoms with Gasteiger partial charge in [0.1, 0.15) is 28.6 Å². The van der Waals surface area contributed by atoms with Crippen LogP contribution in [-0.4, -0.2) is 26.2 Å². The second-order valence-electron chi connectivity index (χ2n) is 7.00. The molecule has 0 bridgehead atoms. The molecule has 5 rings (SSSR count). The van der Waals surface area contributed by atoms with Crippen LogP contribution in [0.4, 0.5) is 4.39 Å². The molecule has 3 aromatic carbocycles. The fraction of sp³-hybridized carbons (Fsp3) is 0.0417. The van der Waals surface area contributed by atoms with Crippen molar-refractivity contribution in [2.75, 3.05) is 0 Å². The number of rotatable bonds is 3. The molecule has 0 spiro atoms. The third-order valence-corrected chi connectivity index (χ3v) is 4.67. The van der Waals surface area contributed by atoms with E-state index >= 15 is 0 Å². The lowest BCUT2D eigenvalue weighted by molar-refractivity contribution is 0.0694. The van der Waals surface area contributed by atoms with E-state index in [2.05, 4.69) is 9.97 Å². The number of hydrogen-bond donors (Lipinski definition) is 4.